The zero-order valence-electron chi connectivity index (χ0n) is 19.1. The van der Waals surface area contributed by atoms with Crippen molar-refractivity contribution < 1.29 is 9.90 Å². The molecule has 0 aromatic carbocycles. The van der Waals surface area contributed by atoms with Crippen LogP contribution in [0.2, 0.25) is 0 Å². The number of allylic oxidation sites excluding steroid dienone is 1. The average molecular weight is 441 g/mol. The van der Waals surface area contributed by atoms with Crippen LogP contribution in [0.4, 0.5) is 0 Å². The molecule has 0 aromatic rings. The Bertz CT molecular complexity index is 517. The van der Waals surface area contributed by atoms with Crippen molar-refractivity contribution in [2.75, 3.05) is 11.5 Å². The fraction of sp³-hybridized carbons (Fsp3) is 0.880. The van der Waals surface area contributed by atoms with E-state index in [-0.39, 0.29) is 0 Å². The molecule has 2 aliphatic rings. The summed E-state index contributed by atoms with van der Waals surface area (Å²) in [5.41, 5.74) is 3.35. The highest BCUT2D eigenvalue weighted by Crippen LogP contribution is 2.55. The SMILES string of the molecule is CCCCC(C)=C(CC)CSCC[C@@H]1[C@@H]2CCC(S2)[C@@H]1CCCCCCC(=O)O. The van der Waals surface area contributed by atoms with E-state index in [0.717, 1.165) is 35.2 Å². The summed E-state index contributed by atoms with van der Waals surface area (Å²) < 4.78 is 0. The molecule has 1 unspecified atom stereocenters. The van der Waals surface area contributed by atoms with E-state index in [0.29, 0.717) is 6.42 Å². The van der Waals surface area contributed by atoms with Crippen molar-refractivity contribution in [3.63, 3.8) is 0 Å². The van der Waals surface area contributed by atoms with Gasteiger partial charge in [0.2, 0.25) is 0 Å². The summed E-state index contributed by atoms with van der Waals surface area (Å²) >= 11 is 4.49. The lowest BCUT2D eigenvalue weighted by atomic mass is 9.75. The molecule has 2 heterocycles. The maximum Gasteiger partial charge on any atom is 0.303 e. The number of hydrogen-bond donors (Lipinski definition) is 1. The van der Waals surface area contributed by atoms with Crippen LogP contribution in [0.5, 0.6) is 0 Å². The molecule has 1 N–H and O–H groups in total. The Labute approximate surface area is 188 Å². The lowest BCUT2D eigenvalue weighted by molar-refractivity contribution is -0.137. The molecular formula is C25H44O2S2. The fourth-order valence-corrected chi connectivity index (χ4v) is 8.59. The van der Waals surface area contributed by atoms with E-state index in [1.807, 2.05) is 0 Å². The maximum atomic E-state index is 10.6. The number of fused-ring (bicyclic) bond motifs is 2. The van der Waals surface area contributed by atoms with Crippen LogP contribution in [-0.4, -0.2) is 33.1 Å². The fourth-order valence-electron chi connectivity index (χ4n) is 5.24. The van der Waals surface area contributed by atoms with Crippen molar-refractivity contribution in [1.29, 1.82) is 0 Å². The Hall–Kier alpha value is -0.0900. The van der Waals surface area contributed by atoms with Gasteiger partial charge in [0.05, 0.1) is 0 Å². The van der Waals surface area contributed by atoms with Gasteiger partial charge in [0.25, 0.3) is 0 Å². The molecular weight excluding hydrogens is 396 g/mol. The van der Waals surface area contributed by atoms with Crippen LogP contribution in [0, 0.1) is 11.8 Å². The van der Waals surface area contributed by atoms with Gasteiger partial charge in [0, 0.05) is 22.7 Å². The van der Waals surface area contributed by atoms with E-state index in [2.05, 4.69) is 44.3 Å². The highest BCUT2D eigenvalue weighted by atomic mass is 32.2. The second kappa shape index (κ2) is 14.1. The van der Waals surface area contributed by atoms with Crippen LogP contribution < -0.4 is 0 Å². The van der Waals surface area contributed by atoms with Gasteiger partial charge in [-0.3, -0.25) is 4.79 Å². The van der Waals surface area contributed by atoms with Gasteiger partial charge in [-0.1, -0.05) is 50.7 Å². The smallest absolute Gasteiger partial charge is 0.303 e. The molecule has 4 atom stereocenters. The number of carboxylic acid groups (broad SMARTS) is 1. The third-order valence-corrected chi connectivity index (χ3v) is 10.0. The topological polar surface area (TPSA) is 37.3 Å². The van der Waals surface area contributed by atoms with E-state index < -0.39 is 5.97 Å². The van der Waals surface area contributed by atoms with Crippen LogP contribution in [0.15, 0.2) is 11.1 Å². The van der Waals surface area contributed by atoms with Gasteiger partial charge in [0.15, 0.2) is 0 Å². The minimum absolute atomic E-state index is 0.343. The third-order valence-electron chi connectivity index (χ3n) is 7.08. The molecule has 0 radical (unpaired) electrons. The summed E-state index contributed by atoms with van der Waals surface area (Å²) in [6, 6.07) is 0. The van der Waals surface area contributed by atoms with Gasteiger partial charge in [-0.15, -0.1) is 0 Å². The summed E-state index contributed by atoms with van der Waals surface area (Å²) in [6.07, 6.45) is 15.6. The molecule has 2 aliphatic heterocycles. The number of unbranched alkanes of at least 4 members (excludes halogenated alkanes) is 4. The number of carbonyl (C=O) groups is 1. The second-order valence-electron chi connectivity index (χ2n) is 9.15. The number of hydrogen-bond acceptors (Lipinski definition) is 3. The van der Waals surface area contributed by atoms with E-state index in [1.54, 1.807) is 11.1 Å². The molecule has 0 amide bonds. The Morgan fingerprint density at radius 2 is 1.66 bits per heavy atom. The lowest BCUT2D eigenvalue weighted by Crippen LogP contribution is -2.27. The van der Waals surface area contributed by atoms with Gasteiger partial charge in [-0.05, 0) is 75.9 Å². The summed E-state index contributed by atoms with van der Waals surface area (Å²) in [6.45, 7) is 6.96. The highest BCUT2D eigenvalue weighted by Gasteiger charge is 2.47. The van der Waals surface area contributed by atoms with Crippen LogP contribution in [-0.2, 0) is 4.79 Å². The molecule has 2 rings (SSSR count). The first-order valence-electron chi connectivity index (χ1n) is 12.2. The van der Waals surface area contributed by atoms with E-state index in [4.69, 9.17) is 5.11 Å². The monoisotopic (exact) mass is 440 g/mol. The van der Waals surface area contributed by atoms with Crippen molar-refractivity contribution in [3.8, 4) is 0 Å². The van der Waals surface area contributed by atoms with Gasteiger partial charge in [-0.2, -0.15) is 23.5 Å². The minimum atomic E-state index is -0.645. The Morgan fingerprint density at radius 1 is 0.966 bits per heavy atom. The van der Waals surface area contributed by atoms with Crippen LogP contribution in [0.1, 0.15) is 104 Å². The van der Waals surface area contributed by atoms with Crippen LogP contribution in [0.3, 0.4) is 0 Å². The zero-order chi connectivity index (χ0) is 21.1. The Kier molecular flexibility index (Phi) is 12.2. The van der Waals surface area contributed by atoms with Crippen LogP contribution in [0.25, 0.3) is 0 Å². The predicted octanol–water partition coefficient (Wildman–Crippen LogP) is 7.96. The van der Waals surface area contributed by atoms with Crippen molar-refractivity contribution in [2.45, 2.75) is 115 Å². The molecule has 2 fully saturated rings. The van der Waals surface area contributed by atoms with E-state index >= 15 is 0 Å². The summed E-state index contributed by atoms with van der Waals surface area (Å²) in [5.74, 6) is 3.81. The first-order valence-corrected chi connectivity index (χ1v) is 14.3. The highest BCUT2D eigenvalue weighted by molar-refractivity contribution is 8.01. The molecule has 4 heteroatoms. The molecule has 0 aliphatic carbocycles. The number of aliphatic carboxylic acids is 1. The molecule has 0 saturated carbocycles. The van der Waals surface area contributed by atoms with Gasteiger partial charge in [0.1, 0.15) is 0 Å². The molecule has 2 nitrogen and oxygen atoms in total. The molecule has 0 spiro atoms. The van der Waals surface area contributed by atoms with Gasteiger partial charge in [-0.25, -0.2) is 0 Å². The van der Waals surface area contributed by atoms with Crippen molar-refractivity contribution >= 4 is 29.5 Å². The normalized spacial score (nSPS) is 26.7. The van der Waals surface area contributed by atoms with Crippen molar-refractivity contribution in [1.82, 2.24) is 0 Å². The van der Waals surface area contributed by atoms with E-state index in [1.165, 1.54) is 75.7 Å². The summed E-state index contributed by atoms with van der Waals surface area (Å²) in [4.78, 5) is 10.6. The largest absolute Gasteiger partial charge is 0.481 e. The summed E-state index contributed by atoms with van der Waals surface area (Å²) in [7, 11) is 0. The summed E-state index contributed by atoms with van der Waals surface area (Å²) in [5, 5.41) is 10.6. The zero-order valence-corrected chi connectivity index (χ0v) is 20.7. The van der Waals surface area contributed by atoms with Crippen molar-refractivity contribution in [3.05, 3.63) is 11.1 Å². The average Bonchev–Trinajstić information content (AvgIpc) is 3.30. The second-order valence-corrected chi connectivity index (χ2v) is 11.7. The first kappa shape index (κ1) is 25.2. The maximum absolute atomic E-state index is 10.6. The quantitative estimate of drug-likeness (QED) is 0.195. The number of carboxylic acids is 1. The van der Waals surface area contributed by atoms with E-state index in [9.17, 15) is 4.79 Å². The lowest BCUT2D eigenvalue weighted by Gasteiger charge is -2.30. The Morgan fingerprint density at radius 3 is 2.31 bits per heavy atom. The number of thioether (sulfide) groups is 2. The molecule has 2 saturated heterocycles. The standard InChI is InChI=1S/C25H44O2S2/c1-4-6-11-19(3)20(5-2)18-28-17-16-22-21(23-14-15-24(22)29-23)12-9-7-8-10-13-25(26)27/h21-24H,4-18H2,1-3H3,(H,26,27)/t21-,22+,23?,24+/m1/s1. The number of rotatable bonds is 16. The predicted molar refractivity (Wildman–Crippen MR) is 131 cm³/mol. The third kappa shape index (κ3) is 8.51. The first-order chi connectivity index (χ1) is 14.1. The molecule has 0 aromatic heterocycles. The van der Waals surface area contributed by atoms with Crippen LogP contribution >= 0.6 is 23.5 Å². The molecule has 2 bridgehead atoms. The minimum Gasteiger partial charge on any atom is -0.481 e. The molecule has 29 heavy (non-hydrogen) atoms. The van der Waals surface area contributed by atoms with Gasteiger partial charge < -0.3 is 5.11 Å². The Balaban J connectivity index is 1.69. The molecule has 168 valence electrons. The van der Waals surface area contributed by atoms with Crippen molar-refractivity contribution in [2.24, 2.45) is 11.8 Å². The van der Waals surface area contributed by atoms with Gasteiger partial charge >= 0.3 is 5.97 Å².